The van der Waals surface area contributed by atoms with Crippen LogP contribution in [0.15, 0.2) is 0 Å². The molecular formula is C104H198O19. The Morgan fingerprint density at radius 3 is 1.02 bits per heavy atom. The summed E-state index contributed by atoms with van der Waals surface area (Å²) in [6.45, 7) is 45.9. The molecule has 15 saturated carbocycles. The van der Waals surface area contributed by atoms with E-state index in [9.17, 15) is 53.7 Å². The summed E-state index contributed by atoms with van der Waals surface area (Å²) in [7, 11) is 0. The maximum Gasteiger partial charge on any atom is 0.312 e. The second-order valence-corrected chi connectivity index (χ2v) is 44.0. The van der Waals surface area contributed by atoms with Crippen molar-refractivity contribution in [3.05, 3.63) is 0 Å². The Kier molecular flexibility index (Phi) is 44.4. The number of fused-ring (bicyclic) bond motifs is 4. The number of aliphatic hydroxyl groups is 3. The van der Waals surface area contributed by atoms with E-state index >= 15 is 0 Å². The van der Waals surface area contributed by atoms with Gasteiger partial charge in [-0.25, -0.2) is 0 Å². The molecule has 123 heavy (non-hydrogen) atoms. The van der Waals surface area contributed by atoms with Crippen molar-refractivity contribution >= 4 is 47.8 Å². The van der Waals surface area contributed by atoms with Gasteiger partial charge in [0.25, 0.3) is 0 Å². The fourth-order valence-corrected chi connectivity index (χ4v) is 22.8. The lowest BCUT2D eigenvalue weighted by Gasteiger charge is -2.62. The number of esters is 8. The minimum Gasteiger partial charge on any atom is -0.459 e. The summed E-state index contributed by atoms with van der Waals surface area (Å²) in [6, 6.07) is 0. The number of hydrogen-bond donors (Lipinski definition) is 3. The van der Waals surface area contributed by atoms with Crippen LogP contribution in [0, 0.1) is 115 Å². The molecule has 2 saturated heterocycles. The predicted molar refractivity (Wildman–Crippen MR) is 503 cm³/mol. The Morgan fingerprint density at radius 1 is 0.350 bits per heavy atom. The SMILES string of the molecule is C.C.C.C.C.C.C.C.C.C.C.C.CCC(C)(C)C(=O)OC(C)(C)C1CC2CCC1C2.CCC(C)(C)C(=O)OC(C)(C)C1CCC(C)CC1.CCC(C)(C)C(=O)OC12CC3CC(CC(O)(C3)C1)C2.CCC(C)(C)C(=O)OC12CC3CC(O)(CC(O)(C3)C1)C2.CCC(C)(C)C(=O)OC1C2CC3C(=O)OC1C3C2.CCC(C)(C)C(=O)OC1C2CC3C(=O)OC1C3C2. The van der Waals surface area contributed by atoms with Gasteiger partial charge in [-0.05, 0) is 300 Å². The van der Waals surface area contributed by atoms with Crippen LogP contribution in [-0.2, 0) is 76.3 Å². The molecule has 0 radical (unpaired) electrons. The van der Waals surface area contributed by atoms with Crippen LogP contribution in [0.1, 0.15) is 441 Å². The van der Waals surface area contributed by atoms with Crippen molar-refractivity contribution < 1.29 is 91.6 Å². The summed E-state index contributed by atoms with van der Waals surface area (Å²) in [4.78, 5) is 96.7. The van der Waals surface area contributed by atoms with Gasteiger partial charge in [0, 0.05) is 55.3 Å². The van der Waals surface area contributed by atoms with Crippen molar-refractivity contribution in [2.24, 2.45) is 115 Å². The van der Waals surface area contributed by atoms with Crippen molar-refractivity contribution in [3.63, 3.8) is 0 Å². The second kappa shape index (κ2) is 44.5. The highest BCUT2D eigenvalue weighted by Crippen LogP contribution is 2.63. The lowest BCUT2D eigenvalue weighted by atomic mass is 9.50. The molecule has 19 heteroatoms. The molecule has 17 aliphatic rings. The zero-order chi connectivity index (χ0) is 82.4. The highest BCUT2D eigenvalue weighted by Gasteiger charge is 2.68. The van der Waals surface area contributed by atoms with Crippen LogP contribution >= 0.6 is 0 Å². The standard InChI is InChI=1S/C16H26O4.C16H26O3.C16H28O2.C16H30O2.2C14H20O4.12CH4/c1-4-13(2,3)12(17)20-16-7-11-5-14(18,9-16)8-15(19,6-11)10-16;1-4-14(2,3)13(17)19-16-8-11-5-12(9-16)7-15(18,6-11)10-16;1-6-15(2,3)14(17)18-16(4,5)13-10-11-7-8-12(13)9-11;1-7-15(3,4)14(17)18-16(5,6)13-10-8-12(2)9-11-13;2*1-4-14(2,3)13(16)18-10-7-5-8-9(6-7)12(15)17-11(8)10;;;;;;;;;;;;/h11,18-19H,4-10H2,1-3H3;11-12,18H,4-10H2,1-3H3;11-13H,6-10H2,1-5H3;12-13H,7-11H2,1-6H3;2*7-11H,4-6H2,1-3H3;12*1H4. The molecule has 17 unspecified atom stereocenters. The van der Waals surface area contributed by atoms with E-state index in [0.29, 0.717) is 73.0 Å². The number of carbonyl (C=O) groups excluding carboxylic acids is 8. The van der Waals surface area contributed by atoms with Gasteiger partial charge in [-0.1, -0.05) is 157 Å². The zero-order valence-electron chi connectivity index (χ0n) is 73.0. The highest BCUT2D eigenvalue weighted by atomic mass is 16.6. The predicted octanol–water partition coefficient (Wildman–Crippen LogP) is 25.4. The summed E-state index contributed by atoms with van der Waals surface area (Å²) in [5.74, 6) is 5.57. The van der Waals surface area contributed by atoms with Gasteiger partial charge in [-0.2, -0.15) is 0 Å². The molecule has 0 aromatic rings. The monoisotopic (exact) mass is 1750 g/mol. The van der Waals surface area contributed by atoms with Crippen LogP contribution < -0.4 is 0 Å². The molecule has 0 aromatic heterocycles. The first kappa shape index (κ1) is 123. The third-order valence-electron chi connectivity index (χ3n) is 31.8. The van der Waals surface area contributed by atoms with E-state index in [2.05, 4.69) is 34.6 Å². The van der Waals surface area contributed by atoms with E-state index in [1.54, 1.807) is 0 Å². The Hall–Kier alpha value is -4.36. The van der Waals surface area contributed by atoms with Gasteiger partial charge in [0.2, 0.25) is 0 Å². The van der Waals surface area contributed by atoms with E-state index in [1.807, 2.05) is 125 Å². The second-order valence-electron chi connectivity index (χ2n) is 44.0. The Bertz CT molecular complexity index is 3280. The average Bonchev–Trinajstić information content (AvgIpc) is 1.51. The molecule has 728 valence electrons. The van der Waals surface area contributed by atoms with Crippen molar-refractivity contribution in [1.82, 2.24) is 0 Å². The molecule has 0 aromatic carbocycles. The quantitative estimate of drug-likeness (QED) is 0.0755. The van der Waals surface area contributed by atoms with Crippen LogP contribution in [0.5, 0.6) is 0 Å². The molecule has 15 aliphatic carbocycles. The smallest absolute Gasteiger partial charge is 0.312 e. The van der Waals surface area contributed by atoms with Crippen LogP contribution in [0.4, 0.5) is 0 Å². The van der Waals surface area contributed by atoms with Crippen LogP contribution in [0.25, 0.3) is 0 Å². The average molecular weight is 1750 g/mol. The van der Waals surface area contributed by atoms with E-state index in [-0.39, 0.29) is 207 Å². The van der Waals surface area contributed by atoms with E-state index in [1.165, 1.54) is 57.8 Å². The van der Waals surface area contributed by atoms with Gasteiger partial charge in [0.05, 0.1) is 61.1 Å². The maximum absolute atomic E-state index is 12.4. The summed E-state index contributed by atoms with van der Waals surface area (Å²) >= 11 is 0. The fourth-order valence-electron chi connectivity index (χ4n) is 22.8. The molecule has 2 heterocycles. The number of hydrogen-bond acceptors (Lipinski definition) is 19. The van der Waals surface area contributed by atoms with E-state index in [4.69, 9.17) is 37.9 Å². The minimum absolute atomic E-state index is 0. The van der Waals surface area contributed by atoms with Crippen LogP contribution in [-0.4, -0.2) is 127 Å². The molecule has 0 spiro atoms. The van der Waals surface area contributed by atoms with Crippen molar-refractivity contribution in [1.29, 1.82) is 0 Å². The highest BCUT2D eigenvalue weighted by molar-refractivity contribution is 5.81. The number of ether oxygens (including phenoxy) is 8. The fraction of sp³-hybridized carbons (Fsp3) is 0.923. The molecule has 17 atom stereocenters. The first-order chi connectivity index (χ1) is 51.2. The lowest BCUT2D eigenvalue weighted by Crippen LogP contribution is -2.67. The van der Waals surface area contributed by atoms with Gasteiger partial charge in [-0.15, -0.1) is 0 Å². The molecule has 2 aliphatic heterocycles. The maximum atomic E-state index is 12.4. The molecule has 14 bridgehead atoms. The number of carbonyl (C=O) groups is 8. The van der Waals surface area contributed by atoms with Crippen LogP contribution in [0.3, 0.4) is 0 Å². The Labute approximate surface area is 755 Å². The molecule has 19 nitrogen and oxygen atoms in total. The van der Waals surface area contributed by atoms with Gasteiger partial charge < -0.3 is 53.2 Å². The largest absolute Gasteiger partial charge is 0.459 e. The molecule has 17 rings (SSSR count). The zero-order valence-corrected chi connectivity index (χ0v) is 73.0. The normalized spacial score (nSPS) is 34.9. The van der Waals surface area contributed by atoms with Gasteiger partial charge >= 0.3 is 47.8 Å². The van der Waals surface area contributed by atoms with Gasteiger partial charge in [-0.3, -0.25) is 38.4 Å². The Morgan fingerprint density at radius 2 is 0.683 bits per heavy atom. The van der Waals surface area contributed by atoms with E-state index in [0.717, 1.165) is 127 Å². The van der Waals surface area contributed by atoms with Crippen molar-refractivity contribution in [3.8, 4) is 0 Å². The first-order valence-corrected chi connectivity index (χ1v) is 44.1. The molecule has 0 amide bonds. The number of rotatable bonds is 20. The minimum atomic E-state index is -0.842. The van der Waals surface area contributed by atoms with Crippen molar-refractivity contribution in [2.75, 3.05) is 0 Å². The Balaban J connectivity index is -0.00000138. The summed E-state index contributed by atoms with van der Waals surface area (Å²) in [5.41, 5.74) is -6.39. The molecule has 3 N–H and O–H groups in total. The van der Waals surface area contributed by atoms with Gasteiger partial charge in [0.1, 0.15) is 46.8 Å². The lowest BCUT2D eigenvalue weighted by molar-refractivity contribution is -0.264. The molecule has 17 fully saturated rings. The summed E-state index contributed by atoms with van der Waals surface area (Å²) in [6.07, 6.45) is 27.2. The van der Waals surface area contributed by atoms with Crippen molar-refractivity contribution in [2.45, 2.75) is 505 Å². The third kappa shape index (κ3) is 26.5. The van der Waals surface area contributed by atoms with Crippen LogP contribution in [0.2, 0.25) is 0 Å². The van der Waals surface area contributed by atoms with Gasteiger partial charge in [0.15, 0.2) is 0 Å². The van der Waals surface area contributed by atoms with E-state index < -0.39 is 44.1 Å². The molecular weight excluding hydrogens is 1550 g/mol. The summed E-state index contributed by atoms with van der Waals surface area (Å²) in [5, 5.41) is 32.0. The first-order valence-electron chi connectivity index (χ1n) is 44.1. The topological polar surface area (TPSA) is 271 Å². The third-order valence-corrected chi connectivity index (χ3v) is 31.8. The summed E-state index contributed by atoms with van der Waals surface area (Å²) < 4.78 is 45.7.